The molecule has 0 aliphatic carbocycles. The molecule has 3 heterocycles. The zero-order valence-corrected chi connectivity index (χ0v) is 12.3. The highest BCUT2D eigenvalue weighted by atomic mass is 16.5. The van der Waals surface area contributed by atoms with E-state index >= 15 is 0 Å². The Bertz CT molecular complexity index is 751. The van der Waals surface area contributed by atoms with Crippen LogP contribution in [0.3, 0.4) is 0 Å². The fourth-order valence-electron chi connectivity index (χ4n) is 2.04. The molecule has 114 valence electrons. The van der Waals surface area contributed by atoms with Gasteiger partial charge in [-0.3, -0.25) is 4.68 Å². The van der Waals surface area contributed by atoms with E-state index in [0.29, 0.717) is 23.8 Å². The number of aryl methyl sites for hydroxylation is 2. The first-order valence-corrected chi connectivity index (χ1v) is 6.78. The van der Waals surface area contributed by atoms with Gasteiger partial charge < -0.3 is 13.7 Å². The number of carbonyl (C=O) groups excluding carboxylic acids is 1. The number of furan rings is 1. The zero-order valence-electron chi connectivity index (χ0n) is 12.3. The van der Waals surface area contributed by atoms with E-state index in [1.165, 1.54) is 0 Å². The van der Waals surface area contributed by atoms with E-state index in [9.17, 15) is 4.79 Å². The molecule has 0 amide bonds. The first-order valence-electron chi connectivity index (χ1n) is 6.78. The normalized spacial score (nSPS) is 10.8. The van der Waals surface area contributed by atoms with Crippen LogP contribution in [0.15, 0.2) is 39.5 Å². The molecule has 0 bridgehead atoms. The van der Waals surface area contributed by atoms with E-state index in [1.54, 1.807) is 36.9 Å². The van der Waals surface area contributed by atoms with Crippen molar-refractivity contribution in [2.75, 3.05) is 0 Å². The molecule has 0 fully saturated rings. The third kappa shape index (κ3) is 2.93. The summed E-state index contributed by atoms with van der Waals surface area (Å²) in [5.74, 6) is 0.915. The molecule has 0 aliphatic rings. The number of hydrogen-bond acceptors (Lipinski definition) is 6. The van der Waals surface area contributed by atoms with Crippen LogP contribution in [-0.2, 0) is 17.9 Å². The number of aromatic nitrogens is 3. The molecule has 7 nitrogen and oxygen atoms in total. The molecule has 0 spiro atoms. The van der Waals surface area contributed by atoms with E-state index in [4.69, 9.17) is 13.7 Å². The second-order valence-electron chi connectivity index (χ2n) is 4.85. The Morgan fingerprint density at radius 2 is 2.23 bits per heavy atom. The third-order valence-electron chi connectivity index (χ3n) is 3.27. The summed E-state index contributed by atoms with van der Waals surface area (Å²) in [7, 11) is 0. The molecule has 0 aromatic carbocycles. The third-order valence-corrected chi connectivity index (χ3v) is 3.27. The molecular weight excluding hydrogens is 286 g/mol. The van der Waals surface area contributed by atoms with Crippen molar-refractivity contribution in [3.63, 3.8) is 0 Å². The van der Waals surface area contributed by atoms with Gasteiger partial charge in [0.15, 0.2) is 0 Å². The average molecular weight is 301 g/mol. The Hall–Kier alpha value is -2.83. The SMILES string of the molecule is Cc1noc(C)c1COC(=O)c1ccc(Cn2cccn2)o1. The number of nitrogens with zero attached hydrogens (tertiary/aromatic N) is 3. The van der Waals surface area contributed by atoms with Gasteiger partial charge in [0.25, 0.3) is 0 Å². The lowest BCUT2D eigenvalue weighted by Gasteiger charge is -2.02. The van der Waals surface area contributed by atoms with Gasteiger partial charge in [0, 0.05) is 12.4 Å². The fraction of sp³-hybridized carbons (Fsp3) is 0.267. The Kier molecular flexibility index (Phi) is 3.78. The summed E-state index contributed by atoms with van der Waals surface area (Å²) >= 11 is 0. The van der Waals surface area contributed by atoms with Crippen LogP contribution in [0.25, 0.3) is 0 Å². The molecule has 3 aromatic heterocycles. The van der Waals surface area contributed by atoms with Crippen molar-refractivity contribution >= 4 is 5.97 Å². The topological polar surface area (TPSA) is 83.3 Å². The summed E-state index contributed by atoms with van der Waals surface area (Å²) in [6.45, 7) is 4.15. The van der Waals surface area contributed by atoms with Gasteiger partial charge in [0.05, 0.1) is 17.8 Å². The van der Waals surface area contributed by atoms with Gasteiger partial charge in [-0.05, 0) is 32.0 Å². The maximum atomic E-state index is 12.0. The minimum atomic E-state index is -0.522. The standard InChI is InChI=1S/C15H15N3O4/c1-10-13(11(2)22-17-10)9-20-15(19)14-5-4-12(21-14)8-18-7-3-6-16-18/h3-7H,8-9H2,1-2H3. The highest BCUT2D eigenvalue weighted by molar-refractivity contribution is 5.86. The average Bonchev–Trinajstić information content (AvgIpc) is 3.22. The van der Waals surface area contributed by atoms with Crippen LogP contribution in [0.1, 0.15) is 33.3 Å². The first kappa shape index (κ1) is 14.1. The number of hydrogen-bond donors (Lipinski definition) is 0. The lowest BCUT2D eigenvalue weighted by Crippen LogP contribution is -2.05. The molecule has 3 aromatic rings. The number of rotatable bonds is 5. The van der Waals surface area contributed by atoms with E-state index in [1.807, 2.05) is 12.3 Å². The second kappa shape index (κ2) is 5.88. The molecule has 0 N–H and O–H groups in total. The van der Waals surface area contributed by atoms with Crippen molar-refractivity contribution in [2.45, 2.75) is 27.0 Å². The van der Waals surface area contributed by atoms with Crippen molar-refractivity contribution in [2.24, 2.45) is 0 Å². The fourth-order valence-corrected chi connectivity index (χ4v) is 2.04. The van der Waals surface area contributed by atoms with Crippen molar-refractivity contribution < 1.29 is 18.5 Å². The van der Waals surface area contributed by atoms with E-state index in [2.05, 4.69) is 10.3 Å². The van der Waals surface area contributed by atoms with Crippen molar-refractivity contribution in [3.8, 4) is 0 Å². The van der Waals surface area contributed by atoms with Crippen molar-refractivity contribution in [1.82, 2.24) is 14.9 Å². The van der Waals surface area contributed by atoms with Crippen LogP contribution < -0.4 is 0 Å². The van der Waals surface area contributed by atoms with Crippen LogP contribution in [0, 0.1) is 13.8 Å². The van der Waals surface area contributed by atoms with Crippen LogP contribution in [0.5, 0.6) is 0 Å². The predicted octanol–water partition coefficient (Wildman–Crippen LogP) is 2.49. The van der Waals surface area contributed by atoms with Gasteiger partial charge >= 0.3 is 5.97 Å². The molecule has 0 atom stereocenters. The van der Waals surface area contributed by atoms with Crippen molar-refractivity contribution in [3.05, 3.63) is 59.1 Å². The summed E-state index contributed by atoms with van der Waals surface area (Å²) in [4.78, 5) is 12.0. The Labute approximate surface area is 126 Å². The second-order valence-corrected chi connectivity index (χ2v) is 4.85. The Morgan fingerprint density at radius 3 is 2.91 bits per heavy atom. The maximum Gasteiger partial charge on any atom is 0.374 e. The van der Waals surface area contributed by atoms with E-state index < -0.39 is 5.97 Å². The van der Waals surface area contributed by atoms with Crippen LogP contribution in [-0.4, -0.2) is 20.9 Å². The molecule has 3 rings (SSSR count). The minimum Gasteiger partial charge on any atom is -0.455 e. The van der Waals surface area contributed by atoms with Gasteiger partial charge in [-0.25, -0.2) is 4.79 Å². The molecule has 0 aliphatic heterocycles. The predicted molar refractivity (Wildman–Crippen MR) is 75.1 cm³/mol. The Balaban J connectivity index is 1.62. The van der Waals surface area contributed by atoms with Crippen LogP contribution in [0.2, 0.25) is 0 Å². The lowest BCUT2D eigenvalue weighted by molar-refractivity contribution is 0.0432. The van der Waals surface area contributed by atoms with Crippen LogP contribution in [0.4, 0.5) is 0 Å². The molecule has 0 saturated heterocycles. The molecule has 22 heavy (non-hydrogen) atoms. The molecule has 7 heteroatoms. The van der Waals surface area contributed by atoms with Crippen LogP contribution >= 0.6 is 0 Å². The summed E-state index contributed by atoms with van der Waals surface area (Å²) < 4.78 is 17.4. The maximum absolute atomic E-state index is 12.0. The molecule has 0 radical (unpaired) electrons. The van der Waals surface area contributed by atoms with Gasteiger partial charge in [-0.1, -0.05) is 5.16 Å². The summed E-state index contributed by atoms with van der Waals surface area (Å²) in [5.41, 5.74) is 1.49. The summed E-state index contributed by atoms with van der Waals surface area (Å²) in [6.07, 6.45) is 3.50. The van der Waals surface area contributed by atoms with Gasteiger partial charge in [0.2, 0.25) is 5.76 Å². The largest absolute Gasteiger partial charge is 0.455 e. The van der Waals surface area contributed by atoms with E-state index in [-0.39, 0.29) is 12.4 Å². The highest BCUT2D eigenvalue weighted by Crippen LogP contribution is 2.16. The zero-order chi connectivity index (χ0) is 15.5. The van der Waals surface area contributed by atoms with Gasteiger partial charge in [-0.2, -0.15) is 5.10 Å². The number of carbonyl (C=O) groups is 1. The number of esters is 1. The first-order chi connectivity index (χ1) is 10.6. The summed E-state index contributed by atoms with van der Waals surface area (Å²) in [5, 5.41) is 7.89. The molecule has 0 saturated carbocycles. The smallest absolute Gasteiger partial charge is 0.374 e. The van der Waals surface area contributed by atoms with E-state index in [0.717, 1.165) is 5.56 Å². The highest BCUT2D eigenvalue weighted by Gasteiger charge is 2.16. The monoisotopic (exact) mass is 301 g/mol. The molecular formula is C15H15N3O4. The molecule has 0 unspecified atom stereocenters. The quantitative estimate of drug-likeness (QED) is 0.673. The lowest BCUT2D eigenvalue weighted by atomic mass is 10.2. The Morgan fingerprint density at radius 1 is 1.36 bits per heavy atom. The van der Waals surface area contributed by atoms with Crippen molar-refractivity contribution in [1.29, 1.82) is 0 Å². The van der Waals surface area contributed by atoms with Gasteiger partial charge in [-0.15, -0.1) is 0 Å². The number of ether oxygens (including phenoxy) is 1. The van der Waals surface area contributed by atoms with Gasteiger partial charge in [0.1, 0.15) is 18.1 Å². The minimum absolute atomic E-state index is 0.106. The summed E-state index contributed by atoms with van der Waals surface area (Å²) in [6, 6.07) is 5.14.